The summed E-state index contributed by atoms with van der Waals surface area (Å²) in [6.07, 6.45) is 16.9. The van der Waals surface area contributed by atoms with Crippen LogP contribution in [0.15, 0.2) is 48.8 Å². The first kappa shape index (κ1) is 16.2. The zero-order valence-electron chi connectivity index (χ0n) is 14.7. The lowest BCUT2D eigenvalue weighted by Crippen LogP contribution is -2.11. The normalized spacial score (nSPS) is 18.4. The fourth-order valence-electron chi connectivity index (χ4n) is 3.91. The highest BCUT2D eigenvalue weighted by Gasteiger charge is 2.15. The third kappa shape index (κ3) is 4.04. The second-order valence-corrected chi connectivity index (χ2v) is 7.22. The van der Waals surface area contributed by atoms with Crippen LogP contribution in [0.2, 0.25) is 0 Å². The molecule has 3 nitrogen and oxygen atoms in total. The van der Waals surface area contributed by atoms with Gasteiger partial charge < -0.3 is 4.90 Å². The second kappa shape index (κ2) is 7.73. The van der Waals surface area contributed by atoms with Gasteiger partial charge >= 0.3 is 0 Å². The number of aromatic nitrogens is 2. The maximum atomic E-state index is 4.57. The van der Waals surface area contributed by atoms with Crippen molar-refractivity contribution in [2.24, 2.45) is 5.92 Å². The zero-order chi connectivity index (χ0) is 16.9. The molecular formula is C22H26N3. The van der Waals surface area contributed by atoms with Crippen LogP contribution in [0.4, 0.5) is 5.69 Å². The summed E-state index contributed by atoms with van der Waals surface area (Å²) in [6.45, 7) is 0. The third-order valence-corrected chi connectivity index (χ3v) is 5.38. The number of H-pyrrole nitrogens is 1. The van der Waals surface area contributed by atoms with Crippen molar-refractivity contribution in [1.82, 2.24) is 10.2 Å². The molecular weight excluding hydrogens is 306 g/mol. The lowest BCUT2D eigenvalue weighted by atomic mass is 9.86. The molecule has 1 N–H and O–H groups in total. The summed E-state index contributed by atoms with van der Waals surface area (Å²) in [4.78, 5) is 2.12. The van der Waals surface area contributed by atoms with E-state index >= 15 is 0 Å². The molecule has 1 saturated carbocycles. The summed E-state index contributed by atoms with van der Waals surface area (Å²) < 4.78 is 0. The molecule has 1 aromatic carbocycles. The summed E-state index contributed by atoms with van der Waals surface area (Å²) >= 11 is 0. The Morgan fingerprint density at radius 3 is 2.96 bits per heavy atom. The van der Waals surface area contributed by atoms with Gasteiger partial charge in [-0.3, -0.25) is 5.10 Å². The molecule has 0 atom stereocenters. The van der Waals surface area contributed by atoms with Gasteiger partial charge in [0.05, 0.1) is 11.4 Å². The van der Waals surface area contributed by atoms with Gasteiger partial charge in [-0.05, 0) is 37.3 Å². The molecule has 0 unspecified atom stereocenters. The van der Waals surface area contributed by atoms with Crippen LogP contribution >= 0.6 is 0 Å². The first-order valence-corrected chi connectivity index (χ1v) is 9.55. The second-order valence-electron chi connectivity index (χ2n) is 7.22. The standard InChI is InChI=1S/C22H26N3/c1-3-8-18(9-4-1)13-14-20-16-22(24-23-20)19-10-7-15-25(17-19)21-11-5-2-6-12-21/h2,5-7,11,15-18H,1,3-4,8-10,13-14H2,(H,23,24). The van der Waals surface area contributed by atoms with Crippen LogP contribution in [0, 0.1) is 12.0 Å². The number of aromatic amines is 1. The van der Waals surface area contributed by atoms with Crippen molar-refractivity contribution in [2.75, 3.05) is 4.90 Å². The summed E-state index contributed by atoms with van der Waals surface area (Å²) in [5.41, 5.74) is 4.65. The molecule has 1 aliphatic heterocycles. The van der Waals surface area contributed by atoms with Crippen molar-refractivity contribution in [3.8, 4) is 0 Å². The predicted molar refractivity (Wildman–Crippen MR) is 103 cm³/mol. The molecule has 25 heavy (non-hydrogen) atoms. The summed E-state index contributed by atoms with van der Waals surface area (Å²) in [5, 5.41) is 7.82. The van der Waals surface area contributed by atoms with Crippen molar-refractivity contribution in [2.45, 2.75) is 51.4 Å². The van der Waals surface area contributed by atoms with Gasteiger partial charge in [-0.1, -0.05) is 56.4 Å². The quantitative estimate of drug-likeness (QED) is 0.785. The molecule has 0 saturated heterocycles. The molecule has 1 fully saturated rings. The maximum absolute atomic E-state index is 4.57. The topological polar surface area (TPSA) is 31.9 Å². The van der Waals surface area contributed by atoms with Crippen LogP contribution in [0.25, 0.3) is 5.57 Å². The Balaban J connectivity index is 1.41. The minimum absolute atomic E-state index is 0.918. The Kier molecular flexibility index (Phi) is 5.01. The number of para-hydroxylation sites is 1. The Bertz CT molecular complexity index is 736. The van der Waals surface area contributed by atoms with Crippen molar-refractivity contribution < 1.29 is 0 Å². The van der Waals surface area contributed by atoms with Crippen LogP contribution in [0.3, 0.4) is 0 Å². The van der Waals surface area contributed by atoms with E-state index in [-0.39, 0.29) is 0 Å². The molecule has 2 aliphatic rings. The SMILES string of the molecule is [c]1ccccc1N1C=CCC(c2cc(CCC3CCCCC3)[nH]n2)=C1. The average Bonchev–Trinajstić information content (AvgIpc) is 3.17. The molecule has 129 valence electrons. The van der Waals surface area contributed by atoms with Crippen molar-refractivity contribution >= 4 is 11.3 Å². The van der Waals surface area contributed by atoms with Gasteiger partial charge in [0.15, 0.2) is 0 Å². The summed E-state index contributed by atoms with van der Waals surface area (Å²) in [5.74, 6) is 0.918. The van der Waals surface area contributed by atoms with Crippen molar-refractivity contribution in [3.05, 3.63) is 66.3 Å². The lowest BCUT2D eigenvalue weighted by Gasteiger charge is -2.21. The van der Waals surface area contributed by atoms with E-state index in [0.29, 0.717) is 0 Å². The van der Waals surface area contributed by atoms with Crippen LogP contribution in [-0.2, 0) is 6.42 Å². The molecule has 3 heteroatoms. The lowest BCUT2D eigenvalue weighted by molar-refractivity contribution is 0.338. The Labute approximate surface area is 150 Å². The molecule has 2 heterocycles. The van der Waals surface area contributed by atoms with E-state index in [0.717, 1.165) is 30.1 Å². The maximum Gasteiger partial charge on any atom is 0.0901 e. The van der Waals surface area contributed by atoms with E-state index in [4.69, 9.17) is 0 Å². The van der Waals surface area contributed by atoms with E-state index < -0.39 is 0 Å². The highest BCUT2D eigenvalue weighted by molar-refractivity contribution is 5.70. The Morgan fingerprint density at radius 1 is 1.20 bits per heavy atom. The van der Waals surface area contributed by atoms with Crippen molar-refractivity contribution in [3.63, 3.8) is 0 Å². The number of allylic oxidation sites excluding steroid dienone is 2. The summed E-state index contributed by atoms with van der Waals surface area (Å²) in [7, 11) is 0. The van der Waals surface area contributed by atoms with E-state index in [1.807, 2.05) is 18.2 Å². The van der Waals surface area contributed by atoms with Gasteiger partial charge in [-0.25, -0.2) is 0 Å². The first-order valence-electron chi connectivity index (χ1n) is 9.55. The minimum Gasteiger partial charge on any atom is -0.323 e. The van der Waals surface area contributed by atoms with Gasteiger partial charge in [0, 0.05) is 29.7 Å². The van der Waals surface area contributed by atoms with Crippen LogP contribution in [0.1, 0.15) is 56.3 Å². The number of anilines is 1. The van der Waals surface area contributed by atoms with E-state index in [9.17, 15) is 0 Å². The monoisotopic (exact) mass is 332 g/mol. The molecule has 1 aliphatic carbocycles. The fraction of sp³-hybridized carbons (Fsp3) is 0.409. The smallest absolute Gasteiger partial charge is 0.0901 e. The number of nitrogens with zero attached hydrogens (tertiary/aromatic N) is 2. The van der Waals surface area contributed by atoms with Crippen LogP contribution in [-0.4, -0.2) is 10.2 Å². The Hall–Kier alpha value is -2.29. The van der Waals surface area contributed by atoms with Gasteiger partial charge in [-0.2, -0.15) is 5.10 Å². The Morgan fingerprint density at radius 2 is 2.12 bits per heavy atom. The highest BCUT2D eigenvalue weighted by atomic mass is 15.1. The number of rotatable bonds is 5. The number of hydrogen-bond acceptors (Lipinski definition) is 2. The number of aryl methyl sites for hydroxylation is 1. The molecule has 1 radical (unpaired) electrons. The first-order chi connectivity index (χ1) is 12.4. The molecule has 4 rings (SSSR count). The summed E-state index contributed by atoms with van der Waals surface area (Å²) in [6, 6.07) is 13.6. The zero-order valence-corrected chi connectivity index (χ0v) is 14.7. The number of hydrogen-bond donors (Lipinski definition) is 1. The number of benzene rings is 1. The van der Waals surface area contributed by atoms with Crippen molar-refractivity contribution in [1.29, 1.82) is 0 Å². The third-order valence-electron chi connectivity index (χ3n) is 5.38. The minimum atomic E-state index is 0.918. The molecule has 0 spiro atoms. The number of nitrogens with one attached hydrogen (secondary N) is 1. The van der Waals surface area contributed by atoms with Gasteiger partial charge in [-0.15, -0.1) is 0 Å². The molecule has 0 bridgehead atoms. The van der Waals surface area contributed by atoms with E-state index in [1.54, 1.807) is 0 Å². The largest absolute Gasteiger partial charge is 0.323 e. The predicted octanol–water partition coefficient (Wildman–Crippen LogP) is 5.49. The van der Waals surface area contributed by atoms with Gasteiger partial charge in [0.25, 0.3) is 0 Å². The fourth-order valence-corrected chi connectivity index (χ4v) is 3.91. The van der Waals surface area contributed by atoms with Crippen LogP contribution in [0.5, 0.6) is 0 Å². The van der Waals surface area contributed by atoms with E-state index in [2.05, 4.69) is 51.8 Å². The molecule has 2 aromatic rings. The van der Waals surface area contributed by atoms with Gasteiger partial charge in [0.2, 0.25) is 0 Å². The average molecular weight is 332 g/mol. The van der Waals surface area contributed by atoms with Gasteiger partial charge in [0.1, 0.15) is 0 Å². The highest BCUT2D eigenvalue weighted by Crippen LogP contribution is 2.29. The molecule has 1 aromatic heterocycles. The van der Waals surface area contributed by atoms with E-state index in [1.165, 1.54) is 49.8 Å². The van der Waals surface area contributed by atoms with Crippen LogP contribution < -0.4 is 4.90 Å². The molecule has 0 amide bonds.